The van der Waals surface area contributed by atoms with E-state index in [0.29, 0.717) is 30.8 Å². The number of esters is 2. The summed E-state index contributed by atoms with van der Waals surface area (Å²) in [6.07, 6.45) is 12.2. The van der Waals surface area contributed by atoms with Crippen molar-refractivity contribution in [2.75, 3.05) is 26.4 Å². The molecule has 4 aliphatic heterocycles. The summed E-state index contributed by atoms with van der Waals surface area (Å²) in [5.41, 5.74) is 7.32. The standard InChI is InChI=1S/C24H30O6.C21H26O3.C3H5ClO2/c1-5-27-22(26)29-20-19(18-16(3)13-15(2)14-17(18)4)21(25)30-24(20)10-8-23(9-11-24)7-6-12-28-23;1-14-11-15(2)18(16(3)12-14)17-13-21(24-19(17)22)8-6-20(7-9-21)5-4-10-23-20;1-2-6-3(4)5/h13-14H,5-12H2,1-4H3;11-13H,4-10H2,1-3H3;2H2,1H3. The molecule has 0 unspecified atom stereocenters. The van der Waals surface area contributed by atoms with Crippen LogP contribution in [0.2, 0.25) is 0 Å². The number of rotatable bonds is 5. The van der Waals surface area contributed by atoms with E-state index in [0.717, 1.165) is 122 Å². The van der Waals surface area contributed by atoms with Gasteiger partial charge in [-0.15, -0.1) is 0 Å². The second kappa shape index (κ2) is 18.4. The average molecular weight is 849 g/mol. The van der Waals surface area contributed by atoms with Gasteiger partial charge in [0.05, 0.1) is 30.0 Å². The molecule has 60 heavy (non-hydrogen) atoms. The van der Waals surface area contributed by atoms with Gasteiger partial charge in [-0.05, 0) is 172 Å². The van der Waals surface area contributed by atoms with Gasteiger partial charge in [0.1, 0.15) is 11.2 Å². The minimum Gasteiger partial charge on any atom is -0.454 e. The third-order valence-corrected chi connectivity index (χ3v) is 13.1. The van der Waals surface area contributed by atoms with Gasteiger partial charge in [0.25, 0.3) is 0 Å². The summed E-state index contributed by atoms with van der Waals surface area (Å²) in [5.74, 6) is -0.296. The van der Waals surface area contributed by atoms with Crippen molar-refractivity contribution < 1.29 is 52.3 Å². The molecule has 2 saturated heterocycles. The zero-order chi connectivity index (χ0) is 43.5. The second-order valence-corrected chi connectivity index (χ2v) is 17.7. The number of hydrogen-bond acceptors (Lipinski definition) is 11. The van der Waals surface area contributed by atoms with Gasteiger partial charge in [-0.1, -0.05) is 35.4 Å². The van der Waals surface area contributed by atoms with Crippen molar-refractivity contribution in [2.24, 2.45) is 0 Å². The smallest absolute Gasteiger partial charge is 0.454 e. The van der Waals surface area contributed by atoms with E-state index in [1.54, 1.807) is 13.8 Å². The highest BCUT2D eigenvalue weighted by Gasteiger charge is 2.56. The Morgan fingerprint density at radius 2 is 1.12 bits per heavy atom. The van der Waals surface area contributed by atoms with Gasteiger partial charge in [-0.25, -0.2) is 19.2 Å². The minimum atomic E-state index is -0.944. The fourth-order valence-corrected chi connectivity index (χ4v) is 10.5. The molecule has 0 radical (unpaired) electrons. The molecule has 11 nitrogen and oxygen atoms in total. The van der Waals surface area contributed by atoms with Crippen LogP contribution in [0.15, 0.2) is 36.1 Å². The number of halogens is 1. The van der Waals surface area contributed by atoms with Gasteiger partial charge in [-0.2, -0.15) is 0 Å². The Kier molecular flexibility index (Phi) is 13.9. The minimum absolute atomic E-state index is 0.0595. The summed E-state index contributed by atoms with van der Waals surface area (Å²) in [5, 5.41) is 0. The highest BCUT2D eigenvalue weighted by Crippen LogP contribution is 2.53. The molecule has 0 bridgehead atoms. The quantitative estimate of drug-likeness (QED) is 0.162. The monoisotopic (exact) mass is 848 g/mol. The van der Waals surface area contributed by atoms with E-state index >= 15 is 0 Å². The molecule has 12 heteroatoms. The molecule has 2 aromatic carbocycles. The number of aryl methyl sites for hydroxylation is 6. The first-order valence-electron chi connectivity index (χ1n) is 21.5. The maximum Gasteiger partial charge on any atom is 0.513 e. The van der Waals surface area contributed by atoms with Crippen LogP contribution in [0.25, 0.3) is 11.1 Å². The van der Waals surface area contributed by atoms with Crippen LogP contribution in [-0.4, -0.2) is 72.4 Å². The normalized spacial score (nSPS) is 27.9. The molecule has 4 spiro atoms. The summed E-state index contributed by atoms with van der Waals surface area (Å²) in [6, 6.07) is 8.34. The van der Waals surface area contributed by atoms with Crippen LogP contribution in [0.1, 0.15) is 135 Å². The Labute approximate surface area is 359 Å². The average Bonchev–Trinajstić information content (AvgIpc) is 3.95. The summed E-state index contributed by atoms with van der Waals surface area (Å²) in [6.45, 7) is 17.8. The molecule has 2 aromatic rings. The third-order valence-electron chi connectivity index (χ3n) is 13.0. The first kappa shape index (κ1) is 45.3. The lowest BCUT2D eigenvalue weighted by molar-refractivity contribution is -0.156. The topological polar surface area (TPSA) is 133 Å². The van der Waals surface area contributed by atoms with Crippen LogP contribution in [0.4, 0.5) is 9.59 Å². The lowest BCUT2D eigenvalue weighted by Gasteiger charge is -2.41. The molecule has 0 aromatic heterocycles. The van der Waals surface area contributed by atoms with E-state index in [2.05, 4.69) is 43.7 Å². The van der Waals surface area contributed by atoms with Crippen LogP contribution < -0.4 is 0 Å². The maximum absolute atomic E-state index is 13.2. The molecule has 0 N–H and O–H groups in total. The van der Waals surface area contributed by atoms with Crippen molar-refractivity contribution in [2.45, 2.75) is 155 Å². The first-order chi connectivity index (χ1) is 28.5. The Balaban J connectivity index is 0.000000180. The maximum atomic E-state index is 13.2. The van der Waals surface area contributed by atoms with Crippen LogP contribution >= 0.6 is 11.6 Å². The summed E-state index contributed by atoms with van der Waals surface area (Å²) < 4.78 is 38.9. The Morgan fingerprint density at radius 3 is 1.55 bits per heavy atom. The first-order valence-corrected chi connectivity index (χ1v) is 21.9. The van der Waals surface area contributed by atoms with Crippen molar-refractivity contribution in [3.05, 3.63) is 80.6 Å². The van der Waals surface area contributed by atoms with Gasteiger partial charge in [0.15, 0.2) is 11.4 Å². The van der Waals surface area contributed by atoms with Crippen molar-refractivity contribution in [3.63, 3.8) is 0 Å². The van der Waals surface area contributed by atoms with E-state index < -0.39 is 28.8 Å². The highest BCUT2D eigenvalue weighted by atomic mass is 35.5. The summed E-state index contributed by atoms with van der Waals surface area (Å²) in [4.78, 5) is 47.7. The van der Waals surface area contributed by atoms with Crippen molar-refractivity contribution in [1.82, 2.24) is 0 Å². The lowest BCUT2D eigenvalue weighted by atomic mass is 9.73. The lowest BCUT2D eigenvalue weighted by Crippen LogP contribution is -2.44. The van der Waals surface area contributed by atoms with Gasteiger partial charge < -0.3 is 33.2 Å². The van der Waals surface area contributed by atoms with Crippen molar-refractivity contribution in [1.29, 1.82) is 0 Å². The van der Waals surface area contributed by atoms with Crippen LogP contribution in [0, 0.1) is 41.5 Å². The van der Waals surface area contributed by atoms with Gasteiger partial charge in [0, 0.05) is 24.8 Å². The van der Waals surface area contributed by atoms with Crippen LogP contribution in [0.5, 0.6) is 0 Å². The summed E-state index contributed by atoms with van der Waals surface area (Å²) >= 11 is 4.72. The fraction of sp³-hybridized carbons (Fsp3) is 0.583. The number of carbonyl (C=O) groups excluding carboxylic acids is 4. The molecule has 2 saturated carbocycles. The molecular weight excluding hydrogens is 788 g/mol. The SMILES string of the molecule is CCOC(=O)Cl.CCOC(=O)OC1=C(c2c(C)cc(C)cc2C)C(=O)OC12CCC1(CCCO1)CC2.Cc1cc(C)c(C2=CC3(CCC4(CCCO4)CC3)OC2=O)c(C)c1. The van der Waals surface area contributed by atoms with Gasteiger partial charge in [-0.3, -0.25) is 0 Å². The van der Waals surface area contributed by atoms with Crippen LogP contribution in [-0.2, 0) is 42.7 Å². The van der Waals surface area contributed by atoms with E-state index in [9.17, 15) is 19.2 Å². The van der Waals surface area contributed by atoms with E-state index in [-0.39, 0.29) is 23.8 Å². The zero-order valence-corrected chi connectivity index (χ0v) is 37.3. The van der Waals surface area contributed by atoms with Gasteiger partial charge >= 0.3 is 23.5 Å². The van der Waals surface area contributed by atoms with E-state index in [1.807, 2.05) is 32.9 Å². The predicted molar refractivity (Wildman–Crippen MR) is 228 cm³/mol. The molecule has 4 heterocycles. The fourth-order valence-electron chi connectivity index (χ4n) is 10.4. The molecule has 0 atom stereocenters. The molecule has 8 rings (SSSR count). The number of benzene rings is 2. The molecule has 0 amide bonds. The second-order valence-electron chi connectivity index (χ2n) is 17.4. The third kappa shape index (κ3) is 9.63. The number of carbonyl (C=O) groups is 4. The van der Waals surface area contributed by atoms with Crippen molar-refractivity contribution in [3.8, 4) is 0 Å². The van der Waals surface area contributed by atoms with Crippen LogP contribution in [0.3, 0.4) is 0 Å². The molecule has 6 aliphatic rings. The summed E-state index contributed by atoms with van der Waals surface area (Å²) in [7, 11) is 0. The van der Waals surface area contributed by atoms with E-state index in [1.165, 1.54) is 5.56 Å². The van der Waals surface area contributed by atoms with Gasteiger partial charge in [0.2, 0.25) is 0 Å². The molecule has 326 valence electrons. The molecule has 4 fully saturated rings. The van der Waals surface area contributed by atoms with E-state index in [4.69, 9.17) is 40.0 Å². The number of ether oxygens (including phenoxy) is 7. The Bertz CT molecular complexity index is 1980. The number of hydrogen-bond donors (Lipinski definition) is 0. The Morgan fingerprint density at radius 1 is 0.633 bits per heavy atom. The zero-order valence-electron chi connectivity index (χ0n) is 36.6. The van der Waals surface area contributed by atoms with Crippen molar-refractivity contribution >= 4 is 46.3 Å². The Hall–Kier alpha value is -4.19. The highest BCUT2D eigenvalue weighted by molar-refractivity contribution is 6.61. The predicted octanol–water partition coefficient (Wildman–Crippen LogP) is 10.7. The largest absolute Gasteiger partial charge is 0.513 e. The molecule has 2 aliphatic carbocycles. The molecular formula is C48H61ClO11.